The molecule has 0 aliphatic heterocycles. The quantitative estimate of drug-likeness (QED) is 0.0886. The number of hydrogen-bond acceptors (Lipinski definition) is 7. The van der Waals surface area contributed by atoms with Crippen molar-refractivity contribution in [3.8, 4) is 11.5 Å². The van der Waals surface area contributed by atoms with Crippen molar-refractivity contribution in [2.24, 2.45) is 0 Å². The Kier molecular flexibility index (Phi) is 25.2. The second kappa shape index (κ2) is 32.4. The lowest BCUT2D eigenvalue weighted by Gasteiger charge is -2.08. The Hall–Kier alpha value is -8.60. The van der Waals surface area contributed by atoms with Crippen molar-refractivity contribution in [1.29, 1.82) is 0 Å². The van der Waals surface area contributed by atoms with E-state index >= 15 is 0 Å². The van der Waals surface area contributed by atoms with Crippen LogP contribution < -0.4 is 9.47 Å². The fraction of sp³-hybridized carbons (Fsp3) is 0.0441. The molecule has 0 amide bonds. The molecule has 0 saturated heterocycles. The number of carbonyl (C=O) groups excluding carboxylic acids is 5. The van der Waals surface area contributed by atoms with Crippen LogP contribution in [0, 0.1) is 23.3 Å². The molecular formula is C68H43Cl6F7O7. The summed E-state index contributed by atoms with van der Waals surface area (Å²) in [5.74, 6) is -2.84. The average Bonchev–Trinajstić information content (AvgIpc) is 2.83. The summed E-state index contributed by atoms with van der Waals surface area (Å²) < 4.78 is 99.8. The number of halogens is 13. The predicted molar refractivity (Wildman–Crippen MR) is 330 cm³/mol. The lowest BCUT2D eigenvalue weighted by Crippen LogP contribution is -2.07. The highest BCUT2D eigenvalue weighted by molar-refractivity contribution is 6.39. The average molecular weight is 1320 g/mol. The van der Waals surface area contributed by atoms with Crippen LogP contribution in [-0.4, -0.2) is 43.1 Å². The van der Waals surface area contributed by atoms with Crippen molar-refractivity contribution in [1.82, 2.24) is 0 Å². The first kappa shape index (κ1) is 68.5. The molecule has 0 aromatic heterocycles. The molecule has 20 heteroatoms. The van der Waals surface area contributed by atoms with E-state index in [0.717, 1.165) is 36.4 Å². The van der Waals surface area contributed by atoms with Gasteiger partial charge in [0.2, 0.25) is 0 Å². The van der Waals surface area contributed by atoms with Crippen molar-refractivity contribution >= 4 is 98.5 Å². The van der Waals surface area contributed by atoms with Crippen LogP contribution in [0.3, 0.4) is 0 Å². The zero-order chi connectivity index (χ0) is 64.2. The Labute approximate surface area is 530 Å². The molecule has 0 aliphatic rings. The molecule has 0 aliphatic carbocycles. The Bertz CT molecular complexity index is 3910. The van der Waals surface area contributed by atoms with Crippen molar-refractivity contribution in [3.05, 3.63) is 339 Å². The first-order chi connectivity index (χ1) is 41.9. The second-order valence-electron chi connectivity index (χ2n) is 18.0. The van der Waals surface area contributed by atoms with Crippen molar-refractivity contribution in [3.63, 3.8) is 0 Å². The van der Waals surface area contributed by atoms with E-state index < -0.39 is 46.6 Å². The number of carbonyl (C=O) groups is 5. The molecule has 0 atom stereocenters. The first-order valence-electron chi connectivity index (χ1n) is 25.4. The van der Waals surface area contributed by atoms with E-state index in [1.165, 1.54) is 117 Å². The molecule has 0 spiro atoms. The Morgan fingerprint density at radius 1 is 0.318 bits per heavy atom. The molecular weight excluding hydrogens is 1270 g/mol. The highest BCUT2D eigenvalue weighted by Gasteiger charge is 2.30. The van der Waals surface area contributed by atoms with E-state index in [1.54, 1.807) is 84.9 Å². The van der Waals surface area contributed by atoms with Gasteiger partial charge in [-0.25, -0.2) is 17.6 Å². The van der Waals surface area contributed by atoms with Gasteiger partial charge in [0.25, 0.3) is 0 Å². The molecule has 7 nitrogen and oxygen atoms in total. The van der Waals surface area contributed by atoms with Crippen LogP contribution >= 0.6 is 69.6 Å². The molecule has 0 saturated carbocycles. The van der Waals surface area contributed by atoms with Gasteiger partial charge in [-0.3, -0.25) is 24.0 Å². The minimum Gasteiger partial charge on any atom is -0.497 e. The van der Waals surface area contributed by atoms with E-state index in [4.69, 9.17) is 79.1 Å². The number of hydrogen-bond donors (Lipinski definition) is 0. The summed E-state index contributed by atoms with van der Waals surface area (Å²) in [6.45, 7) is 0. The highest BCUT2D eigenvalue weighted by atomic mass is 35.5. The van der Waals surface area contributed by atoms with Crippen LogP contribution in [0.2, 0.25) is 30.1 Å². The van der Waals surface area contributed by atoms with E-state index in [0.29, 0.717) is 58.9 Å². The molecule has 0 radical (unpaired) electrons. The number of alkyl halides is 3. The maximum absolute atomic E-state index is 13.3. The smallest absolute Gasteiger partial charge is 0.416 e. The van der Waals surface area contributed by atoms with Gasteiger partial charge in [0, 0.05) is 59.6 Å². The molecule has 0 bridgehead atoms. The van der Waals surface area contributed by atoms with Gasteiger partial charge in [-0.1, -0.05) is 130 Å². The van der Waals surface area contributed by atoms with E-state index in [2.05, 4.69) is 0 Å². The fourth-order valence-electron chi connectivity index (χ4n) is 7.63. The van der Waals surface area contributed by atoms with Crippen molar-refractivity contribution in [2.45, 2.75) is 6.18 Å². The third kappa shape index (κ3) is 19.5. The standard InChI is InChI=1S/C15H12Cl2O3.C14H7Cl2F3O.C13H8Cl2O.2C13H8F2O/c1-19-9-3-5-11(13(16)7-9)15(18)12-6-4-10(20-2)8-14(12)17;15-10-5-6-11(12(16)7-10)13(20)8-1-3-9(4-2-8)14(17,18)19;14-11-5-1-9(2-6-11)13(16)10-3-7-12(15)8-4-10;14-11-5-1-3-9(7-11)13(16)10-4-2-6-12(15)8-10;14-11-7-3-1-5-9(11)13(16)10-6-2-4-8-12(10)15/h3-8H,1-2H3;1-7H;3*1-8H. The summed E-state index contributed by atoms with van der Waals surface area (Å²) in [7, 11) is 3.07. The third-order valence-electron chi connectivity index (χ3n) is 12.1. The van der Waals surface area contributed by atoms with Crippen LogP contribution in [0.5, 0.6) is 11.5 Å². The number of methoxy groups -OCH3 is 2. The number of rotatable bonds is 12. The molecule has 10 rings (SSSR count). The summed E-state index contributed by atoms with van der Waals surface area (Å²) in [4.78, 5) is 60.2. The Morgan fingerprint density at radius 2 is 0.659 bits per heavy atom. The number of ketones is 5. The zero-order valence-electron chi connectivity index (χ0n) is 45.6. The fourth-order valence-corrected chi connectivity index (χ4v) is 8.89. The molecule has 0 heterocycles. The highest BCUT2D eigenvalue weighted by Crippen LogP contribution is 2.32. The molecule has 0 unspecified atom stereocenters. The van der Waals surface area contributed by atoms with Crippen LogP contribution in [0.1, 0.15) is 85.2 Å². The van der Waals surface area contributed by atoms with Crippen LogP contribution in [0.15, 0.2) is 224 Å². The number of benzene rings is 10. The number of ether oxygens (including phenoxy) is 2. The summed E-state index contributed by atoms with van der Waals surface area (Å²) in [6.07, 6.45) is -4.43. The lowest BCUT2D eigenvalue weighted by molar-refractivity contribution is -0.137. The van der Waals surface area contributed by atoms with Gasteiger partial charge in [-0.2, -0.15) is 13.2 Å². The summed E-state index contributed by atoms with van der Waals surface area (Å²) in [6, 6.07) is 53.4. The normalized spacial score (nSPS) is 10.4. The van der Waals surface area contributed by atoms with E-state index in [1.807, 2.05) is 0 Å². The topological polar surface area (TPSA) is 104 Å². The first-order valence-corrected chi connectivity index (χ1v) is 27.7. The summed E-state index contributed by atoms with van der Waals surface area (Å²) in [5.41, 5.74) is 1.68. The van der Waals surface area contributed by atoms with Gasteiger partial charge in [-0.05, 0) is 164 Å². The van der Waals surface area contributed by atoms with Crippen LogP contribution in [0.4, 0.5) is 30.7 Å². The molecule has 0 N–H and O–H groups in total. The van der Waals surface area contributed by atoms with E-state index in [-0.39, 0.29) is 55.8 Å². The summed E-state index contributed by atoms with van der Waals surface area (Å²) in [5, 5.41) is 2.41. The van der Waals surface area contributed by atoms with Gasteiger partial charge < -0.3 is 9.47 Å². The SMILES string of the molecule is COc1ccc(C(=O)c2ccc(OC)cc2Cl)c(Cl)c1.O=C(c1ccc(C(F)(F)F)cc1)c1ccc(Cl)cc1Cl.O=C(c1ccc(Cl)cc1)c1ccc(Cl)cc1.O=C(c1cccc(F)c1)c1cccc(F)c1.O=C(c1ccccc1F)c1ccccc1F. The maximum Gasteiger partial charge on any atom is 0.416 e. The minimum absolute atomic E-state index is 0.0340. The molecule has 10 aromatic carbocycles. The van der Waals surface area contributed by atoms with Gasteiger partial charge in [0.1, 0.15) is 34.8 Å². The van der Waals surface area contributed by atoms with Crippen LogP contribution in [0.25, 0.3) is 0 Å². The van der Waals surface area contributed by atoms with Crippen molar-refractivity contribution in [2.75, 3.05) is 14.2 Å². The molecule has 448 valence electrons. The Morgan fingerprint density at radius 3 is 1.03 bits per heavy atom. The van der Waals surface area contributed by atoms with Gasteiger partial charge in [-0.15, -0.1) is 0 Å². The second-order valence-corrected chi connectivity index (χ2v) is 20.6. The monoisotopic (exact) mass is 1310 g/mol. The Balaban J connectivity index is 0.000000176. The zero-order valence-corrected chi connectivity index (χ0v) is 50.2. The summed E-state index contributed by atoms with van der Waals surface area (Å²) >= 11 is 35.3. The van der Waals surface area contributed by atoms with Crippen LogP contribution in [-0.2, 0) is 6.18 Å². The van der Waals surface area contributed by atoms with Crippen molar-refractivity contribution < 1.29 is 64.2 Å². The molecule has 88 heavy (non-hydrogen) atoms. The molecule has 0 fully saturated rings. The third-order valence-corrected chi connectivity index (χ3v) is 13.8. The minimum atomic E-state index is -4.43. The van der Waals surface area contributed by atoms with Gasteiger partial charge in [0.15, 0.2) is 28.9 Å². The van der Waals surface area contributed by atoms with Gasteiger partial charge in [0.05, 0.1) is 46.0 Å². The van der Waals surface area contributed by atoms with E-state index in [9.17, 15) is 54.7 Å². The predicted octanol–water partition coefficient (Wildman–Crippen LogP) is 20.1. The largest absolute Gasteiger partial charge is 0.497 e. The molecule has 10 aromatic rings. The lowest BCUT2D eigenvalue weighted by atomic mass is 10.0. The maximum atomic E-state index is 13.3. The van der Waals surface area contributed by atoms with Gasteiger partial charge >= 0.3 is 6.18 Å².